The topological polar surface area (TPSA) is 87.7 Å². The normalized spacial score (nSPS) is 15.8. The molecule has 1 aliphatic rings. The first-order valence-corrected chi connectivity index (χ1v) is 9.97. The summed E-state index contributed by atoms with van der Waals surface area (Å²) in [6.07, 6.45) is 4.84. The van der Waals surface area contributed by atoms with E-state index in [-0.39, 0.29) is 17.7 Å². The van der Waals surface area contributed by atoms with E-state index in [4.69, 9.17) is 0 Å². The first-order valence-electron chi connectivity index (χ1n) is 8.98. The molecule has 0 radical (unpaired) electrons. The smallest absolute Gasteiger partial charge is 0.217 e. The third-order valence-electron chi connectivity index (χ3n) is 4.71. The number of ketones is 1. The summed E-state index contributed by atoms with van der Waals surface area (Å²) in [5.74, 6) is 1.72. The van der Waals surface area contributed by atoms with Crippen molar-refractivity contribution in [3.63, 3.8) is 0 Å². The maximum Gasteiger partial charge on any atom is 0.217 e. The van der Waals surface area contributed by atoms with Crippen LogP contribution >= 0.6 is 11.8 Å². The van der Waals surface area contributed by atoms with Crippen molar-refractivity contribution < 1.29 is 9.59 Å². The molecule has 1 saturated carbocycles. The van der Waals surface area contributed by atoms with E-state index in [9.17, 15) is 9.59 Å². The molecule has 1 heterocycles. The van der Waals surface area contributed by atoms with Gasteiger partial charge in [0.05, 0.1) is 11.8 Å². The van der Waals surface area contributed by atoms with Gasteiger partial charge in [-0.2, -0.15) is 0 Å². The van der Waals surface area contributed by atoms with Gasteiger partial charge in [0.2, 0.25) is 11.1 Å². The van der Waals surface area contributed by atoms with Crippen LogP contribution < -0.4 is 5.32 Å². The minimum absolute atomic E-state index is 0.0425. The number of nitrogens with zero attached hydrogens (tertiary/aromatic N) is 2. The molecule has 6 nitrogen and oxygen atoms in total. The highest BCUT2D eigenvalue weighted by Crippen LogP contribution is 2.32. The van der Waals surface area contributed by atoms with Gasteiger partial charge in [0.25, 0.3) is 0 Å². The molecule has 26 heavy (non-hydrogen) atoms. The van der Waals surface area contributed by atoms with E-state index in [0.29, 0.717) is 22.4 Å². The number of aromatic nitrogens is 3. The highest BCUT2D eigenvalue weighted by atomic mass is 32.2. The Morgan fingerprint density at radius 3 is 2.62 bits per heavy atom. The summed E-state index contributed by atoms with van der Waals surface area (Å²) in [5, 5.41) is 10.7. The maximum absolute atomic E-state index is 12.4. The zero-order valence-electron chi connectivity index (χ0n) is 15.1. The van der Waals surface area contributed by atoms with Crippen LogP contribution in [0.15, 0.2) is 29.4 Å². The van der Waals surface area contributed by atoms with Crippen molar-refractivity contribution in [3.8, 4) is 0 Å². The van der Waals surface area contributed by atoms with Crippen molar-refractivity contribution in [2.24, 2.45) is 0 Å². The molecular formula is C19H24N4O2S. The second-order valence-electron chi connectivity index (χ2n) is 6.74. The number of hydrogen-bond donors (Lipinski definition) is 2. The van der Waals surface area contributed by atoms with E-state index in [1.54, 1.807) is 12.1 Å². The molecule has 1 atom stereocenters. The van der Waals surface area contributed by atoms with E-state index in [0.717, 1.165) is 11.4 Å². The third-order valence-corrected chi connectivity index (χ3v) is 5.56. The maximum atomic E-state index is 12.4. The summed E-state index contributed by atoms with van der Waals surface area (Å²) in [6.45, 7) is 3.41. The van der Waals surface area contributed by atoms with E-state index in [1.165, 1.54) is 44.4 Å². The van der Waals surface area contributed by atoms with Crippen molar-refractivity contribution in [2.45, 2.75) is 56.6 Å². The van der Waals surface area contributed by atoms with Crippen LogP contribution in [0.5, 0.6) is 0 Å². The minimum Gasteiger partial charge on any atom is -0.350 e. The van der Waals surface area contributed by atoms with Gasteiger partial charge in [-0.1, -0.05) is 48.9 Å². The van der Waals surface area contributed by atoms with E-state index in [1.807, 2.05) is 19.1 Å². The van der Waals surface area contributed by atoms with Crippen molar-refractivity contribution in [1.82, 2.24) is 20.5 Å². The zero-order valence-corrected chi connectivity index (χ0v) is 15.9. The van der Waals surface area contributed by atoms with Crippen LogP contribution in [0.2, 0.25) is 0 Å². The summed E-state index contributed by atoms with van der Waals surface area (Å²) >= 11 is 1.36. The van der Waals surface area contributed by atoms with E-state index in [2.05, 4.69) is 20.5 Å². The number of carbonyl (C=O) groups excluding carboxylic acids is 2. The second-order valence-corrected chi connectivity index (χ2v) is 7.68. The molecule has 0 spiro atoms. The van der Waals surface area contributed by atoms with Gasteiger partial charge in [-0.25, -0.2) is 4.98 Å². The molecule has 1 unspecified atom stereocenters. The number of thioether (sulfide) groups is 1. The van der Waals surface area contributed by atoms with Crippen molar-refractivity contribution >= 4 is 23.5 Å². The lowest BCUT2D eigenvalue weighted by atomic mass is 10.0. The van der Waals surface area contributed by atoms with Gasteiger partial charge in [0, 0.05) is 18.4 Å². The van der Waals surface area contributed by atoms with Crippen molar-refractivity contribution in [1.29, 1.82) is 0 Å². The van der Waals surface area contributed by atoms with E-state index < -0.39 is 0 Å². The van der Waals surface area contributed by atoms with Gasteiger partial charge in [-0.3, -0.25) is 14.7 Å². The fourth-order valence-electron chi connectivity index (χ4n) is 3.26. The molecule has 1 amide bonds. The van der Waals surface area contributed by atoms with Crippen molar-refractivity contribution in [3.05, 3.63) is 41.2 Å². The molecule has 138 valence electrons. The summed E-state index contributed by atoms with van der Waals surface area (Å²) < 4.78 is 0. The van der Waals surface area contributed by atoms with Gasteiger partial charge in [-0.15, -0.1) is 5.10 Å². The van der Waals surface area contributed by atoms with Crippen LogP contribution in [-0.2, 0) is 4.79 Å². The quantitative estimate of drug-likeness (QED) is 0.572. The number of rotatable bonds is 7. The molecule has 1 aromatic heterocycles. The monoisotopic (exact) mass is 372 g/mol. The van der Waals surface area contributed by atoms with Gasteiger partial charge in [0.15, 0.2) is 5.78 Å². The standard InChI is InChI=1S/C19H24N4O2S/c1-12(20-13(2)24)14-7-9-15(10-8-14)17(25)11-26-19-21-18(22-23-19)16-5-3-4-6-16/h7-10,12,16H,3-6,11H2,1-2H3,(H,20,24)(H,21,22,23). The average Bonchev–Trinajstić information content (AvgIpc) is 3.30. The SMILES string of the molecule is CC(=O)NC(C)c1ccc(C(=O)CSc2n[nH]c(C3CCCC3)n2)cc1. The lowest BCUT2D eigenvalue weighted by molar-refractivity contribution is -0.119. The Morgan fingerprint density at radius 2 is 1.96 bits per heavy atom. The number of hydrogen-bond acceptors (Lipinski definition) is 5. The molecule has 7 heteroatoms. The summed E-state index contributed by atoms with van der Waals surface area (Å²) in [7, 11) is 0. The summed E-state index contributed by atoms with van der Waals surface area (Å²) in [6, 6.07) is 7.29. The van der Waals surface area contributed by atoms with Crippen LogP contribution in [0.1, 0.15) is 73.2 Å². The number of nitrogens with one attached hydrogen (secondary N) is 2. The number of Topliss-reactive ketones (excluding diaryl/α,β-unsaturated/α-hetero) is 1. The molecule has 3 rings (SSSR count). The molecule has 1 aromatic carbocycles. The van der Waals surface area contributed by atoms with Gasteiger partial charge in [-0.05, 0) is 25.3 Å². The Morgan fingerprint density at radius 1 is 1.27 bits per heavy atom. The number of H-pyrrole nitrogens is 1. The highest BCUT2D eigenvalue weighted by molar-refractivity contribution is 7.99. The van der Waals surface area contributed by atoms with Crippen molar-refractivity contribution in [2.75, 3.05) is 5.75 Å². The summed E-state index contributed by atoms with van der Waals surface area (Å²) in [5.41, 5.74) is 1.63. The second kappa shape index (κ2) is 8.49. The van der Waals surface area contributed by atoms with Gasteiger partial charge < -0.3 is 5.32 Å². The van der Waals surface area contributed by atoms with Crippen LogP contribution in [0.25, 0.3) is 0 Å². The Balaban J connectivity index is 1.54. The lowest BCUT2D eigenvalue weighted by Crippen LogP contribution is -2.23. The molecule has 2 N–H and O–H groups in total. The number of amides is 1. The number of aromatic amines is 1. The summed E-state index contributed by atoms with van der Waals surface area (Å²) in [4.78, 5) is 28.0. The molecule has 0 saturated heterocycles. The third kappa shape index (κ3) is 4.72. The molecule has 2 aromatic rings. The molecule has 0 bridgehead atoms. The zero-order chi connectivity index (χ0) is 18.5. The largest absolute Gasteiger partial charge is 0.350 e. The van der Waals surface area contributed by atoms with Crippen LogP contribution in [0, 0.1) is 0 Å². The van der Waals surface area contributed by atoms with Crippen LogP contribution in [-0.4, -0.2) is 32.6 Å². The molecular weight excluding hydrogens is 348 g/mol. The Labute approximate surface area is 157 Å². The number of carbonyl (C=O) groups is 2. The Hall–Kier alpha value is -2.15. The molecule has 1 fully saturated rings. The minimum atomic E-state index is -0.0757. The van der Waals surface area contributed by atoms with Crippen LogP contribution in [0.3, 0.4) is 0 Å². The van der Waals surface area contributed by atoms with Gasteiger partial charge >= 0.3 is 0 Å². The van der Waals surface area contributed by atoms with Gasteiger partial charge in [0.1, 0.15) is 5.82 Å². The molecule has 1 aliphatic carbocycles. The highest BCUT2D eigenvalue weighted by Gasteiger charge is 2.21. The fourth-order valence-corrected chi connectivity index (χ4v) is 3.96. The predicted molar refractivity (Wildman–Crippen MR) is 101 cm³/mol. The number of benzene rings is 1. The molecule has 0 aliphatic heterocycles. The van der Waals surface area contributed by atoms with Crippen LogP contribution in [0.4, 0.5) is 0 Å². The fraction of sp³-hybridized carbons (Fsp3) is 0.474. The average molecular weight is 372 g/mol. The first kappa shape index (κ1) is 18.6. The predicted octanol–water partition coefficient (Wildman–Crippen LogP) is 3.63. The Kier molecular flexibility index (Phi) is 6.08. The van der Waals surface area contributed by atoms with E-state index >= 15 is 0 Å². The Bertz CT molecular complexity index is 766. The lowest BCUT2D eigenvalue weighted by Gasteiger charge is -2.13. The first-order chi connectivity index (χ1) is 12.5.